The van der Waals surface area contributed by atoms with Crippen molar-refractivity contribution in [3.63, 3.8) is 0 Å². The topological polar surface area (TPSA) is 15.3 Å². The first-order valence-corrected chi connectivity index (χ1v) is 7.05. The molecule has 16 heavy (non-hydrogen) atoms. The predicted octanol–water partition coefficient (Wildman–Crippen LogP) is 2.89. The van der Waals surface area contributed by atoms with Crippen molar-refractivity contribution in [1.29, 1.82) is 0 Å². The van der Waals surface area contributed by atoms with Crippen LogP contribution in [0.1, 0.15) is 52.4 Å². The largest absolute Gasteiger partial charge is 0.318 e. The van der Waals surface area contributed by atoms with Gasteiger partial charge in [0.15, 0.2) is 0 Å². The van der Waals surface area contributed by atoms with E-state index in [2.05, 4.69) is 38.2 Å². The summed E-state index contributed by atoms with van der Waals surface area (Å²) in [6.45, 7) is 5.82. The molecule has 1 fully saturated rings. The van der Waals surface area contributed by atoms with Crippen LogP contribution in [0.15, 0.2) is 0 Å². The Morgan fingerprint density at radius 2 is 1.88 bits per heavy atom. The Bertz CT molecular complexity index is 168. The highest BCUT2D eigenvalue weighted by Crippen LogP contribution is 2.27. The summed E-state index contributed by atoms with van der Waals surface area (Å²) in [6, 6.07) is 1.56. The van der Waals surface area contributed by atoms with Crippen LogP contribution in [0.2, 0.25) is 0 Å². The summed E-state index contributed by atoms with van der Waals surface area (Å²) in [7, 11) is 4.40. The second kappa shape index (κ2) is 7.29. The van der Waals surface area contributed by atoms with E-state index in [4.69, 9.17) is 0 Å². The lowest BCUT2D eigenvalue weighted by molar-refractivity contribution is 0.117. The molecule has 0 spiro atoms. The van der Waals surface area contributed by atoms with Crippen LogP contribution in [0.3, 0.4) is 0 Å². The third kappa shape index (κ3) is 4.06. The highest BCUT2D eigenvalue weighted by molar-refractivity contribution is 4.81. The molecule has 1 aliphatic rings. The van der Waals surface area contributed by atoms with Crippen LogP contribution in [0, 0.1) is 5.92 Å². The van der Waals surface area contributed by atoms with Gasteiger partial charge in [0.25, 0.3) is 0 Å². The van der Waals surface area contributed by atoms with Gasteiger partial charge in [0.1, 0.15) is 0 Å². The third-order valence-corrected chi connectivity index (χ3v) is 4.20. The van der Waals surface area contributed by atoms with E-state index in [0.717, 1.165) is 24.5 Å². The fourth-order valence-electron chi connectivity index (χ4n) is 2.97. The van der Waals surface area contributed by atoms with Gasteiger partial charge in [0, 0.05) is 18.6 Å². The van der Waals surface area contributed by atoms with Crippen LogP contribution in [0.25, 0.3) is 0 Å². The van der Waals surface area contributed by atoms with Gasteiger partial charge >= 0.3 is 0 Å². The first-order chi connectivity index (χ1) is 7.69. The number of hydrogen-bond donors (Lipinski definition) is 1. The molecule has 2 nitrogen and oxygen atoms in total. The molecule has 0 heterocycles. The molecule has 1 rings (SSSR count). The molecule has 0 amide bonds. The molecule has 0 saturated heterocycles. The molecule has 1 aliphatic carbocycles. The van der Waals surface area contributed by atoms with Crippen LogP contribution in [-0.4, -0.2) is 37.6 Å². The number of hydrogen-bond acceptors (Lipinski definition) is 2. The number of rotatable bonds is 6. The predicted molar refractivity (Wildman–Crippen MR) is 71.8 cm³/mol. The Morgan fingerprint density at radius 3 is 2.38 bits per heavy atom. The maximum Gasteiger partial charge on any atom is 0.0220 e. The molecule has 0 aromatic rings. The van der Waals surface area contributed by atoms with Gasteiger partial charge < -0.3 is 5.32 Å². The minimum absolute atomic E-state index is 0.730. The normalized spacial score (nSPS) is 28.3. The zero-order valence-corrected chi connectivity index (χ0v) is 11.6. The summed E-state index contributed by atoms with van der Waals surface area (Å²) in [6.07, 6.45) is 8.27. The summed E-state index contributed by atoms with van der Waals surface area (Å²) in [5, 5.41) is 3.34. The second-order valence-corrected chi connectivity index (χ2v) is 5.58. The molecule has 96 valence electrons. The molecule has 0 bridgehead atoms. The van der Waals surface area contributed by atoms with E-state index in [1.54, 1.807) is 0 Å². The lowest BCUT2D eigenvalue weighted by Gasteiger charge is -2.38. The highest BCUT2D eigenvalue weighted by atomic mass is 15.2. The van der Waals surface area contributed by atoms with Crippen molar-refractivity contribution in [1.82, 2.24) is 10.2 Å². The van der Waals surface area contributed by atoms with E-state index in [1.165, 1.54) is 38.5 Å². The molecular weight excluding hydrogens is 196 g/mol. The van der Waals surface area contributed by atoms with Gasteiger partial charge in [-0.15, -0.1) is 0 Å². The lowest BCUT2D eigenvalue weighted by Crippen LogP contribution is -2.46. The van der Waals surface area contributed by atoms with Crippen LogP contribution < -0.4 is 5.32 Å². The molecular formula is C14H30N2. The number of nitrogens with one attached hydrogen (secondary N) is 1. The summed E-state index contributed by atoms with van der Waals surface area (Å²) in [5.74, 6) is 0.957. The first-order valence-electron chi connectivity index (χ1n) is 7.05. The first kappa shape index (κ1) is 14.0. The van der Waals surface area contributed by atoms with Crippen LogP contribution in [-0.2, 0) is 0 Å². The molecule has 0 aromatic heterocycles. The smallest absolute Gasteiger partial charge is 0.0220 e. The minimum Gasteiger partial charge on any atom is -0.318 e. The Morgan fingerprint density at radius 1 is 1.25 bits per heavy atom. The van der Waals surface area contributed by atoms with Crippen molar-refractivity contribution in [2.24, 2.45) is 5.92 Å². The summed E-state index contributed by atoms with van der Waals surface area (Å²) < 4.78 is 0. The third-order valence-electron chi connectivity index (χ3n) is 4.20. The van der Waals surface area contributed by atoms with E-state index < -0.39 is 0 Å². The standard InChI is InChI=1S/C14H30N2/c1-5-6-14(11-15-3)16(4)13-9-7-12(2)8-10-13/h12-15H,5-11H2,1-4H3. The van der Waals surface area contributed by atoms with Gasteiger partial charge in [0.05, 0.1) is 0 Å². The molecule has 0 aromatic carbocycles. The SMILES string of the molecule is CCCC(CNC)N(C)C1CCC(C)CC1. The van der Waals surface area contributed by atoms with Gasteiger partial charge in [-0.25, -0.2) is 0 Å². The van der Waals surface area contributed by atoms with E-state index in [-0.39, 0.29) is 0 Å². The Labute approximate surface area is 102 Å². The van der Waals surface area contributed by atoms with Gasteiger partial charge in [-0.1, -0.05) is 20.3 Å². The van der Waals surface area contributed by atoms with Crippen molar-refractivity contribution in [3.05, 3.63) is 0 Å². The van der Waals surface area contributed by atoms with Crippen LogP contribution in [0.4, 0.5) is 0 Å². The number of nitrogens with zero attached hydrogens (tertiary/aromatic N) is 1. The molecule has 1 atom stereocenters. The van der Waals surface area contributed by atoms with E-state index in [0.29, 0.717) is 0 Å². The fraction of sp³-hybridized carbons (Fsp3) is 1.00. The zero-order chi connectivity index (χ0) is 12.0. The Balaban J connectivity index is 2.42. The van der Waals surface area contributed by atoms with Gasteiger partial charge in [-0.05, 0) is 52.1 Å². The fourth-order valence-corrected chi connectivity index (χ4v) is 2.97. The van der Waals surface area contributed by atoms with E-state index >= 15 is 0 Å². The second-order valence-electron chi connectivity index (χ2n) is 5.58. The summed E-state index contributed by atoms with van der Waals surface area (Å²) >= 11 is 0. The van der Waals surface area contributed by atoms with Crippen LogP contribution in [0.5, 0.6) is 0 Å². The lowest BCUT2D eigenvalue weighted by atomic mass is 9.86. The van der Waals surface area contributed by atoms with Crippen molar-refractivity contribution in [3.8, 4) is 0 Å². The zero-order valence-electron chi connectivity index (χ0n) is 11.6. The number of likely N-dealkylation sites (N-methyl/N-ethyl adjacent to an activating group) is 2. The molecule has 1 unspecified atom stereocenters. The average Bonchev–Trinajstić information content (AvgIpc) is 2.29. The summed E-state index contributed by atoms with van der Waals surface area (Å²) in [5.41, 5.74) is 0. The van der Waals surface area contributed by atoms with Crippen LogP contribution >= 0.6 is 0 Å². The van der Waals surface area contributed by atoms with E-state index in [1.807, 2.05) is 0 Å². The minimum atomic E-state index is 0.730. The Kier molecular flexibility index (Phi) is 6.37. The Hall–Kier alpha value is -0.0800. The molecule has 1 N–H and O–H groups in total. The molecule has 2 heteroatoms. The van der Waals surface area contributed by atoms with E-state index in [9.17, 15) is 0 Å². The quantitative estimate of drug-likeness (QED) is 0.749. The maximum absolute atomic E-state index is 3.34. The molecule has 0 radical (unpaired) electrons. The van der Waals surface area contributed by atoms with Crippen molar-refractivity contribution in [2.75, 3.05) is 20.6 Å². The molecule has 0 aliphatic heterocycles. The molecule has 1 saturated carbocycles. The summed E-state index contributed by atoms with van der Waals surface area (Å²) in [4.78, 5) is 2.64. The van der Waals surface area contributed by atoms with Crippen molar-refractivity contribution >= 4 is 0 Å². The monoisotopic (exact) mass is 226 g/mol. The highest BCUT2D eigenvalue weighted by Gasteiger charge is 2.25. The van der Waals surface area contributed by atoms with Gasteiger partial charge in [0.2, 0.25) is 0 Å². The van der Waals surface area contributed by atoms with Gasteiger partial charge in [-0.2, -0.15) is 0 Å². The van der Waals surface area contributed by atoms with Gasteiger partial charge in [-0.3, -0.25) is 4.90 Å². The van der Waals surface area contributed by atoms with Crippen molar-refractivity contribution < 1.29 is 0 Å². The average molecular weight is 226 g/mol. The maximum atomic E-state index is 3.34. The van der Waals surface area contributed by atoms with Crippen molar-refractivity contribution in [2.45, 2.75) is 64.5 Å².